The molecule has 0 heterocycles. The van der Waals surface area contributed by atoms with E-state index in [9.17, 15) is 13.2 Å². The van der Waals surface area contributed by atoms with Gasteiger partial charge in [-0.25, -0.2) is 8.42 Å². The number of carbonyl (C=O) groups is 1. The molecule has 0 aliphatic heterocycles. The third kappa shape index (κ3) is 6.06. The van der Waals surface area contributed by atoms with Crippen molar-refractivity contribution in [2.24, 2.45) is 5.92 Å². The van der Waals surface area contributed by atoms with Gasteiger partial charge in [0.2, 0.25) is 10.0 Å². The maximum absolute atomic E-state index is 12.5. The van der Waals surface area contributed by atoms with Gasteiger partial charge in [-0.2, -0.15) is 4.72 Å². The SMILES string of the molecule is CCOC(=O)[C@H](CC(C)C)NS(=O)(=O)c1ccc(CBr)c(Cl)c1. The summed E-state index contributed by atoms with van der Waals surface area (Å²) in [5.41, 5.74) is 0.787. The van der Waals surface area contributed by atoms with Crippen LogP contribution in [0.1, 0.15) is 32.8 Å². The number of benzene rings is 1. The Labute approximate surface area is 150 Å². The third-order valence-electron chi connectivity index (χ3n) is 3.05. The molecule has 23 heavy (non-hydrogen) atoms. The van der Waals surface area contributed by atoms with E-state index in [2.05, 4.69) is 20.7 Å². The molecule has 0 spiro atoms. The van der Waals surface area contributed by atoms with Gasteiger partial charge in [-0.05, 0) is 37.0 Å². The Morgan fingerprint density at radius 2 is 2.04 bits per heavy atom. The molecule has 1 N–H and O–H groups in total. The number of hydrogen-bond donors (Lipinski definition) is 1. The molecule has 0 radical (unpaired) electrons. The second-order valence-electron chi connectivity index (χ2n) is 5.44. The Morgan fingerprint density at radius 1 is 1.39 bits per heavy atom. The first-order valence-electron chi connectivity index (χ1n) is 7.24. The summed E-state index contributed by atoms with van der Waals surface area (Å²) in [6, 6.07) is 3.54. The molecular weight excluding hydrogens is 406 g/mol. The Kier molecular flexibility index (Phi) is 8.00. The van der Waals surface area contributed by atoms with Gasteiger partial charge >= 0.3 is 5.97 Å². The van der Waals surface area contributed by atoms with Crippen molar-refractivity contribution in [2.75, 3.05) is 6.61 Å². The molecule has 0 unspecified atom stereocenters. The molecule has 0 aromatic heterocycles. The number of halogens is 2. The second-order valence-corrected chi connectivity index (χ2v) is 8.12. The molecule has 0 fully saturated rings. The summed E-state index contributed by atoms with van der Waals surface area (Å²) >= 11 is 9.33. The first kappa shape index (κ1) is 20.4. The van der Waals surface area contributed by atoms with Crippen molar-refractivity contribution in [3.05, 3.63) is 28.8 Å². The number of rotatable bonds is 8. The summed E-state index contributed by atoms with van der Waals surface area (Å²) in [7, 11) is -3.87. The van der Waals surface area contributed by atoms with E-state index < -0.39 is 22.0 Å². The quantitative estimate of drug-likeness (QED) is 0.510. The van der Waals surface area contributed by atoms with Crippen LogP contribution in [-0.2, 0) is 24.9 Å². The largest absolute Gasteiger partial charge is 0.465 e. The smallest absolute Gasteiger partial charge is 0.324 e. The molecule has 0 aliphatic rings. The van der Waals surface area contributed by atoms with Crippen LogP contribution in [-0.4, -0.2) is 27.0 Å². The number of ether oxygens (including phenoxy) is 1. The third-order valence-corrected chi connectivity index (χ3v) is 5.48. The van der Waals surface area contributed by atoms with E-state index in [0.717, 1.165) is 5.56 Å². The van der Waals surface area contributed by atoms with E-state index in [1.807, 2.05) is 13.8 Å². The molecule has 0 amide bonds. The van der Waals surface area contributed by atoms with Gasteiger partial charge in [-0.15, -0.1) is 0 Å². The van der Waals surface area contributed by atoms with Crippen LogP contribution in [0.5, 0.6) is 0 Å². The normalized spacial score (nSPS) is 13.1. The monoisotopic (exact) mass is 425 g/mol. The van der Waals surface area contributed by atoms with E-state index in [0.29, 0.717) is 16.8 Å². The van der Waals surface area contributed by atoms with Crippen LogP contribution in [0.2, 0.25) is 5.02 Å². The first-order valence-corrected chi connectivity index (χ1v) is 10.2. The van der Waals surface area contributed by atoms with Gasteiger partial charge in [-0.1, -0.05) is 47.4 Å². The van der Waals surface area contributed by atoms with Crippen molar-refractivity contribution in [1.82, 2.24) is 4.72 Å². The van der Waals surface area contributed by atoms with Crippen LogP contribution >= 0.6 is 27.5 Å². The van der Waals surface area contributed by atoms with E-state index in [4.69, 9.17) is 16.3 Å². The molecule has 5 nitrogen and oxygen atoms in total. The number of hydrogen-bond acceptors (Lipinski definition) is 4. The highest BCUT2D eigenvalue weighted by Crippen LogP contribution is 2.23. The predicted molar refractivity (Wildman–Crippen MR) is 94.3 cm³/mol. The highest BCUT2D eigenvalue weighted by atomic mass is 79.9. The Morgan fingerprint density at radius 3 is 2.52 bits per heavy atom. The highest BCUT2D eigenvalue weighted by Gasteiger charge is 2.27. The van der Waals surface area contributed by atoms with E-state index in [-0.39, 0.29) is 17.4 Å². The topological polar surface area (TPSA) is 72.5 Å². The van der Waals surface area contributed by atoms with E-state index in [1.54, 1.807) is 13.0 Å². The van der Waals surface area contributed by atoms with Gasteiger partial charge in [0.1, 0.15) is 6.04 Å². The molecule has 8 heteroatoms. The molecule has 0 aliphatic carbocycles. The van der Waals surface area contributed by atoms with Crippen molar-refractivity contribution in [3.8, 4) is 0 Å². The molecule has 1 rings (SSSR count). The summed E-state index contributed by atoms with van der Waals surface area (Å²) in [6.07, 6.45) is 0.352. The maximum atomic E-state index is 12.5. The van der Waals surface area contributed by atoms with Gasteiger partial charge in [-0.3, -0.25) is 4.79 Å². The molecule has 0 bridgehead atoms. The second kappa shape index (κ2) is 9.01. The number of esters is 1. The molecule has 1 aromatic carbocycles. The number of nitrogens with one attached hydrogen (secondary N) is 1. The molecule has 130 valence electrons. The molecule has 1 aromatic rings. The number of alkyl halides is 1. The predicted octanol–water partition coefficient (Wildman–Crippen LogP) is 3.49. The van der Waals surface area contributed by atoms with Gasteiger partial charge in [0.15, 0.2) is 0 Å². The van der Waals surface area contributed by atoms with Crippen molar-refractivity contribution in [1.29, 1.82) is 0 Å². The van der Waals surface area contributed by atoms with Crippen LogP contribution in [0.4, 0.5) is 0 Å². The fourth-order valence-corrected chi connectivity index (χ4v) is 4.15. The van der Waals surface area contributed by atoms with Crippen LogP contribution in [0.3, 0.4) is 0 Å². The summed E-state index contributed by atoms with van der Waals surface area (Å²) in [5.74, 6) is -0.445. The maximum Gasteiger partial charge on any atom is 0.324 e. The Hall–Kier alpha value is -0.630. The zero-order valence-electron chi connectivity index (χ0n) is 13.3. The minimum Gasteiger partial charge on any atom is -0.465 e. The Bertz CT molecular complexity index is 649. The van der Waals surface area contributed by atoms with Gasteiger partial charge in [0.05, 0.1) is 11.5 Å². The minimum absolute atomic E-state index is 0.0188. The molecular formula is C15H21BrClNO4S. The molecule has 0 saturated heterocycles. The zero-order chi connectivity index (χ0) is 17.6. The minimum atomic E-state index is -3.87. The first-order chi connectivity index (χ1) is 10.7. The van der Waals surface area contributed by atoms with E-state index in [1.165, 1.54) is 12.1 Å². The number of carbonyl (C=O) groups excluding carboxylic acids is 1. The van der Waals surface area contributed by atoms with Crippen molar-refractivity contribution in [3.63, 3.8) is 0 Å². The van der Waals surface area contributed by atoms with Gasteiger partial charge in [0, 0.05) is 10.4 Å². The fourth-order valence-electron chi connectivity index (χ4n) is 1.97. The lowest BCUT2D eigenvalue weighted by molar-refractivity contribution is -0.145. The standard InChI is InChI=1S/C15H21BrClNO4S/c1-4-22-15(19)14(7-10(2)3)18-23(20,21)12-6-5-11(9-16)13(17)8-12/h5-6,8,10,14,18H,4,7,9H2,1-3H3/t14-/m0/s1. The van der Waals surface area contributed by atoms with Crippen LogP contribution in [0.15, 0.2) is 23.1 Å². The fraction of sp³-hybridized carbons (Fsp3) is 0.533. The average Bonchev–Trinajstić information content (AvgIpc) is 2.46. The molecule has 1 atom stereocenters. The number of sulfonamides is 1. The van der Waals surface area contributed by atoms with Crippen molar-refractivity contribution < 1.29 is 17.9 Å². The lowest BCUT2D eigenvalue weighted by Crippen LogP contribution is -2.42. The molecule has 0 saturated carbocycles. The zero-order valence-corrected chi connectivity index (χ0v) is 16.5. The van der Waals surface area contributed by atoms with Crippen molar-refractivity contribution >= 4 is 43.5 Å². The van der Waals surface area contributed by atoms with Crippen LogP contribution in [0.25, 0.3) is 0 Å². The van der Waals surface area contributed by atoms with Gasteiger partial charge < -0.3 is 4.74 Å². The highest BCUT2D eigenvalue weighted by molar-refractivity contribution is 9.08. The Balaban J connectivity index is 3.05. The van der Waals surface area contributed by atoms with Crippen molar-refractivity contribution in [2.45, 2.75) is 43.5 Å². The summed E-state index contributed by atoms with van der Waals surface area (Å²) < 4.78 is 32.4. The van der Waals surface area contributed by atoms with Gasteiger partial charge in [0.25, 0.3) is 0 Å². The van der Waals surface area contributed by atoms with Crippen LogP contribution in [0, 0.1) is 5.92 Å². The average molecular weight is 427 g/mol. The summed E-state index contributed by atoms with van der Waals surface area (Å²) in [4.78, 5) is 12.0. The lowest BCUT2D eigenvalue weighted by atomic mass is 10.1. The lowest BCUT2D eigenvalue weighted by Gasteiger charge is -2.19. The van der Waals surface area contributed by atoms with Crippen LogP contribution < -0.4 is 4.72 Å². The summed E-state index contributed by atoms with van der Waals surface area (Å²) in [5, 5.41) is 0.875. The summed E-state index contributed by atoms with van der Waals surface area (Å²) in [6.45, 7) is 5.68. The van der Waals surface area contributed by atoms with E-state index >= 15 is 0 Å².